The zero-order valence-corrected chi connectivity index (χ0v) is 21.3. The molecule has 0 aromatic heterocycles. The van der Waals surface area contributed by atoms with Crippen LogP contribution in [0.4, 0.5) is 0 Å². The summed E-state index contributed by atoms with van der Waals surface area (Å²) in [6.45, 7) is 22.4. The topological polar surface area (TPSA) is 73.3 Å². The molecule has 8 heteroatoms. The highest BCUT2D eigenvalue weighted by Gasteiger charge is 2.13. The molecular weight excluding hydrogens is 380 g/mol. The second kappa shape index (κ2) is 16.5. The zero-order valence-electron chi connectivity index (χ0n) is 20.3. The lowest BCUT2D eigenvalue weighted by atomic mass is 10.3. The highest BCUT2D eigenvalue weighted by molar-refractivity contribution is 6.26. The molecule has 0 aromatic rings. The summed E-state index contributed by atoms with van der Waals surface area (Å²) in [5, 5.41) is 10.3. The van der Waals surface area contributed by atoms with Crippen LogP contribution in [0.25, 0.3) is 0 Å². The van der Waals surface area contributed by atoms with E-state index >= 15 is 0 Å². The standard InChI is InChI=1S/C21H46N6OSi/c1-10-28-29-15-11-13-27(21(25-18(6)7)26-19(8)9)14-12-22-20(23-16(2)3)24-17(4)5/h16-19H,10-15H2,1-9H3,(H,25,26)(H2,22,23,24). The number of hydrogen-bond donors (Lipinski definition) is 3. The lowest BCUT2D eigenvalue weighted by Crippen LogP contribution is -2.47. The van der Waals surface area contributed by atoms with Gasteiger partial charge in [0, 0.05) is 43.9 Å². The summed E-state index contributed by atoms with van der Waals surface area (Å²) in [6, 6.07) is 2.35. The van der Waals surface area contributed by atoms with Crippen molar-refractivity contribution in [2.24, 2.45) is 9.98 Å². The third kappa shape index (κ3) is 16.2. The minimum absolute atomic E-state index is 0.244. The van der Waals surface area contributed by atoms with Crippen LogP contribution >= 0.6 is 0 Å². The van der Waals surface area contributed by atoms with E-state index in [1.165, 1.54) is 0 Å². The van der Waals surface area contributed by atoms with Crippen LogP contribution in [0, 0.1) is 0 Å². The van der Waals surface area contributed by atoms with E-state index in [2.05, 4.69) is 76.2 Å². The van der Waals surface area contributed by atoms with Crippen molar-refractivity contribution < 1.29 is 4.43 Å². The molecule has 0 heterocycles. The molecule has 0 unspecified atom stereocenters. The van der Waals surface area contributed by atoms with E-state index in [-0.39, 0.29) is 6.04 Å². The molecule has 0 aliphatic rings. The Morgan fingerprint density at radius 3 is 1.97 bits per heavy atom. The van der Waals surface area contributed by atoms with Crippen molar-refractivity contribution >= 4 is 21.7 Å². The maximum absolute atomic E-state index is 5.52. The van der Waals surface area contributed by atoms with Gasteiger partial charge in [0.25, 0.3) is 0 Å². The van der Waals surface area contributed by atoms with Crippen LogP contribution in [0.3, 0.4) is 0 Å². The van der Waals surface area contributed by atoms with Gasteiger partial charge in [0.1, 0.15) is 0 Å². The maximum Gasteiger partial charge on any atom is 0.229 e. The molecule has 0 saturated carbocycles. The number of nitrogens with one attached hydrogen (secondary N) is 3. The van der Waals surface area contributed by atoms with Crippen molar-refractivity contribution in [1.82, 2.24) is 20.9 Å². The van der Waals surface area contributed by atoms with Crippen LogP contribution < -0.4 is 16.0 Å². The van der Waals surface area contributed by atoms with Gasteiger partial charge in [-0.2, -0.15) is 0 Å². The molecule has 3 N–H and O–H groups in total. The predicted octanol–water partition coefficient (Wildman–Crippen LogP) is 2.87. The van der Waals surface area contributed by atoms with Gasteiger partial charge in [0.15, 0.2) is 11.9 Å². The van der Waals surface area contributed by atoms with Gasteiger partial charge in [-0.05, 0) is 74.8 Å². The lowest BCUT2D eigenvalue weighted by Gasteiger charge is -2.28. The molecule has 0 saturated heterocycles. The van der Waals surface area contributed by atoms with Crippen molar-refractivity contribution in [1.29, 1.82) is 0 Å². The SMILES string of the molecule is CCO[Si]CCCN(CCN=C(NC(C)C)NC(C)C)C(=NC(C)C)NC(C)C. The molecule has 0 aromatic carbocycles. The monoisotopic (exact) mass is 426 g/mol. The molecule has 0 spiro atoms. The van der Waals surface area contributed by atoms with E-state index in [4.69, 9.17) is 14.4 Å². The summed E-state index contributed by atoms with van der Waals surface area (Å²) >= 11 is 0. The molecule has 0 aliphatic heterocycles. The fraction of sp³-hybridized carbons (Fsp3) is 0.905. The largest absolute Gasteiger partial charge is 0.418 e. The van der Waals surface area contributed by atoms with Crippen LogP contribution in [0.5, 0.6) is 0 Å². The normalized spacial score (nSPS) is 12.1. The molecule has 0 aliphatic carbocycles. The highest BCUT2D eigenvalue weighted by Crippen LogP contribution is 2.01. The second-order valence-electron chi connectivity index (χ2n) is 8.34. The summed E-state index contributed by atoms with van der Waals surface area (Å²) in [7, 11) is 0.575. The number of nitrogens with zero attached hydrogens (tertiary/aromatic N) is 3. The van der Waals surface area contributed by atoms with Gasteiger partial charge >= 0.3 is 0 Å². The molecule has 0 atom stereocenters. The Kier molecular flexibility index (Phi) is 15.8. The highest BCUT2D eigenvalue weighted by atomic mass is 28.2. The molecule has 7 nitrogen and oxygen atoms in total. The van der Waals surface area contributed by atoms with E-state index in [1.54, 1.807) is 0 Å². The van der Waals surface area contributed by atoms with E-state index in [9.17, 15) is 0 Å². The Hall–Kier alpha value is -1.28. The molecule has 0 bridgehead atoms. The van der Waals surface area contributed by atoms with Gasteiger partial charge in [0.05, 0.1) is 6.54 Å². The van der Waals surface area contributed by atoms with Gasteiger partial charge in [-0.3, -0.25) is 9.98 Å². The quantitative estimate of drug-likeness (QED) is 0.183. The summed E-state index contributed by atoms with van der Waals surface area (Å²) in [5.74, 6) is 1.84. The molecule has 0 amide bonds. The van der Waals surface area contributed by atoms with Crippen molar-refractivity contribution in [2.45, 2.75) is 98.9 Å². The van der Waals surface area contributed by atoms with E-state index in [0.717, 1.165) is 44.1 Å². The fourth-order valence-corrected chi connectivity index (χ4v) is 3.17. The third-order valence-electron chi connectivity index (χ3n) is 3.54. The maximum atomic E-state index is 5.52. The van der Waals surface area contributed by atoms with E-state index in [1.807, 2.05) is 6.92 Å². The molecule has 0 fully saturated rings. The van der Waals surface area contributed by atoms with Crippen molar-refractivity contribution in [2.75, 3.05) is 26.2 Å². The Labute approximate surface area is 182 Å². The van der Waals surface area contributed by atoms with Crippen molar-refractivity contribution in [3.05, 3.63) is 0 Å². The van der Waals surface area contributed by atoms with Crippen LogP contribution in [0.1, 0.15) is 68.7 Å². The van der Waals surface area contributed by atoms with Crippen LogP contribution in [0.2, 0.25) is 6.04 Å². The predicted molar refractivity (Wildman–Crippen MR) is 128 cm³/mol. The van der Waals surface area contributed by atoms with Gasteiger partial charge in [-0.1, -0.05) is 0 Å². The minimum Gasteiger partial charge on any atom is -0.418 e. The molecule has 29 heavy (non-hydrogen) atoms. The molecule has 0 rings (SSSR count). The smallest absolute Gasteiger partial charge is 0.229 e. The molecule has 170 valence electrons. The molecular formula is C21H46N6OSi. The number of guanidine groups is 2. The number of aliphatic imine (C=N–C) groups is 2. The Bertz CT molecular complexity index is 454. The first-order chi connectivity index (χ1) is 13.6. The van der Waals surface area contributed by atoms with Crippen molar-refractivity contribution in [3.63, 3.8) is 0 Å². The second-order valence-corrected chi connectivity index (χ2v) is 9.42. The average Bonchev–Trinajstić information content (AvgIpc) is 2.57. The first kappa shape index (κ1) is 27.7. The summed E-state index contributed by atoms with van der Waals surface area (Å²) in [6.07, 6.45) is 1.08. The van der Waals surface area contributed by atoms with Crippen molar-refractivity contribution in [3.8, 4) is 0 Å². The zero-order chi connectivity index (χ0) is 22.2. The number of rotatable bonds is 13. The van der Waals surface area contributed by atoms with Gasteiger partial charge in [-0.15, -0.1) is 0 Å². The van der Waals surface area contributed by atoms with E-state index < -0.39 is 0 Å². The van der Waals surface area contributed by atoms with Crippen LogP contribution in [0.15, 0.2) is 9.98 Å². The van der Waals surface area contributed by atoms with Gasteiger partial charge in [0.2, 0.25) is 9.76 Å². The summed E-state index contributed by atoms with van der Waals surface area (Å²) in [5.41, 5.74) is 0. The Morgan fingerprint density at radius 2 is 1.48 bits per heavy atom. The van der Waals surface area contributed by atoms with Crippen LogP contribution in [-0.2, 0) is 4.43 Å². The fourth-order valence-electron chi connectivity index (χ4n) is 2.52. The number of hydrogen-bond acceptors (Lipinski definition) is 3. The Morgan fingerprint density at radius 1 is 0.897 bits per heavy atom. The molecule has 2 radical (unpaired) electrons. The first-order valence-electron chi connectivity index (χ1n) is 11.2. The Balaban J connectivity index is 5.15. The minimum atomic E-state index is 0.244. The van der Waals surface area contributed by atoms with Gasteiger partial charge < -0.3 is 25.3 Å². The van der Waals surface area contributed by atoms with E-state index in [0.29, 0.717) is 34.4 Å². The van der Waals surface area contributed by atoms with Crippen LogP contribution in [-0.4, -0.2) is 77.0 Å². The van der Waals surface area contributed by atoms with Gasteiger partial charge in [-0.25, -0.2) is 0 Å². The average molecular weight is 427 g/mol. The summed E-state index contributed by atoms with van der Waals surface area (Å²) < 4.78 is 5.52. The first-order valence-corrected chi connectivity index (χ1v) is 12.3. The lowest BCUT2D eigenvalue weighted by molar-refractivity contribution is 0.354. The third-order valence-corrected chi connectivity index (χ3v) is 4.59. The summed E-state index contributed by atoms with van der Waals surface area (Å²) in [4.78, 5) is 12.0.